The first-order chi connectivity index (χ1) is 47.6. The summed E-state index contributed by atoms with van der Waals surface area (Å²) in [5.41, 5.74) is -5.42. The van der Waals surface area contributed by atoms with Gasteiger partial charge >= 0.3 is 12.1 Å². The van der Waals surface area contributed by atoms with E-state index >= 15 is 24.0 Å². The Bertz CT molecular complexity index is 3350. The molecule has 27 heteroatoms. The summed E-state index contributed by atoms with van der Waals surface area (Å²) in [4.78, 5) is 151. The van der Waals surface area contributed by atoms with Crippen molar-refractivity contribution in [3.63, 3.8) is 0 Å². The van der Waals surface area contributed by atoms with Crippen molar-refractivity contribution in [2.24, 2.45) is 45.8 Å². The van der Waals surface area contributed by atoms with E-state index < -0.39 is 170 Å². The predicted molar refractivity (Wildman–Crippen MR) is 388 cm³/mol. The highest BCUT2D eigenvalue weighted by atomic mass is 32.2. The Balaban J connectivity index is 1.06. The van der Waals surface area contributed by atoms with Crippen LogP contribution in [0.4, 0.5) is 9.59 Å². The average Bonchev–Trinajstić information content (AvgIpc) is 1.53. The van der Waals surface area contributed by atoms with Gasteiger partial charge in [-0.1, -0.05) is 127 Å². The van der Waals surface area contributed by atoms with Crippen LogP contribution in [0.5, 0.6) is 0 Å². The van der Waals surface area contributed by atoms with E-state index in [0.29, 0.717) is 95.8 Å². The van der Waals surface area contributed by atoms with Gasteiger partial charge in [0.25, 0.3) is 11.8 Å². The molecule has 6 aliphatic carbocycles. The zero-order chi connectivity index (χ0) is 74.9. The van der Waals surface area contributed by atoms with Crippen molar-refractivity contribution in [1.82, 2.24) is 52.3 Å². The molecule has 25 nitrogen and oxygen atoms in total. The number of rotatable bonds is 31. The molecule has 0 aromatic carbocycles. The van der Waals surface area contributed by atoms with Crippen LogP contribution in [-0.2, 0) is 62.8 Å². The van der Waals surface area contributed by atoms with Gasteiger partial charge in [-0.2, -0.15) is 0 Å². The van der Waals surface area contributed by atoms with E-state index in [2.05, 4.69) is 42.5 Å². The molecule has 0 spiro atoms. The summed E-state index contributed by atoms with van der Waals surface area (Å²) in [5.74, 6) is -7.53. The van der Waals surface area contributed by atoms with Crippen LogP contribution in [0.3, 0.4) is 0 Å². The molecule has 0 radical (unpaired) electrons. The molecule has 2 unspecified atom stereocenters. The topological polar surface area (TPSA) is 351 Å². The van der Waals surface area contributed by atoms with Crippen molar-refractivity contribution in [1.29, 1.82) is 0 Å². The highest BCUT2D eigenvalue weighted by molar-refractivity contribution is 7.93. The van der Waals surface area contributed by atoms with Crippen LogP contribution in [0.15, 0.2) is 0 Å². The van der Waals surface area contributed by atoms with E-state index in [0.717, 1.165) is 51.4 Å². The fourth-order valence-corrected chi connectivity index (χ4v) is 21.4. The summed E-state index contributed by atoms with van der Waals surface area (Å²) in [5, 5.41) is 23.7. The number of fused-ring (bicyclic) bond motifs is 1. The van der Waals surface area contributed by atoms with Gasteiger partial charge in [0.1, 0.15) is 24.2 Å². The third kappa shape index (κ3) is 19.0. The Hall–Kier alpha value is -5.44. The second-order valence-electron chi connectivity index (χ2n) is 36.2. The van der Waals surface area contributed by atoms with Gasteiger partial charge in [-0.05, 0) is 176 Å². The van der Waals surface area contributed by atoms with Gasteiger partial charge < -0.3 is 57.1 Å². The lowest BCUT2D eigenvalue weighted by molar-refractivity contribution is -0.146. The van der Waals surface area contributed by atoms with E-state index in [1.807, 2.05) is 41.5 Å². The predicted octanol–water partition coefficient (Wildman–Crippen LogP) is 7.16. The molecule has 10 atom stereocenters. The molecule has 9 rings (SSSR count). The molecule has 9 fully saturated rings. The van der Waals surface area contributed by atoms with E-state index in [1.165, 1.54) is 9.80 Å². The first-order valence-corrected chi connectivity index (χ1v) is 42.0. The van der Waals surface area contributed by atoms with Crippen LogP contribution in [0, 0.1) is 45.8 Å². The molecule has 10 amide bonds. The van der Waals surface area contributed by atoms with Crippen LogP contribution >= 0.6 is 0 Å². The standard InChI is InChI=1S/C75H124N10O15S2/c1-14-15-22-53(57(86)63(90)76-48-26-27-48)78-61(88)55-50(46(2)3)31-38-84(55)66(93)60(81-68(95)83-75(34-20-17-21-35-75)45-102(98,99)73(13)36-39-100-40-37-73)71(10,11)43-72(12)41-51-52(72)42-85(56(51)62(89)79-54(30-25-47-23-24-47)58(87)64(91)77-49-28-29-49)65(92)59(69(4,5)6)80-67(94)82-74(32-18-16-19-33-74)44-101(96,97)70(7,8)9/h46-56,59-60H,14-45H2,1-13H3,(H,76,90)(H,77,91)(H,78,88)(H,79,89)(H2,80,82,94)(H2,81,83,95)/t50?,51-,52-,53-,54+,55-,56-,59+,60+,72?/m0/s1. The first kappa shape index (κ1) is 80.7. The molecular formula is C75H124N10O15S2. The lowest BCUT2D eigenvalue weighted by Crippen LogP contribution is -2.65. The number of nitrogens with one attached hydrogen (secondary N) is 8. The van der Waals surface area contributed by atoms with Gasteiger partial charge in [-0.15, -0.1) is 0 Å². The van der Waals surface area contributed by atoms with Crippen molar-refractivity contribution >= 4 is 78.7 Å². The minimum Gasteiger partial charge on any atom is -0.381 e. The van der Waals surface area contributed by atoms with E-state index in [-0.39, 0.29) is 81.5 Å². The van der Waals surface area contributed by atoms with Crippen molar-refractivity contribution in [3.05, 3.63) is 0 Å². The molecule has 3 saturated heterocycles. The molecule has 0 aromatic rings. The lowest BCUT2D eigenvalue weighted by atomic mass is 9.50. The molecular weight excluding hydrogens is 1350 g/mol. The van der Waals surface area contributed by atoms with Gasteiger partial charge in [0.15, 0.2) is 19.7 Å². The number of sulfone groups is 2. The SMILES string of the molecule is CCCC[C@H](NC(=O)[C@@H]1C(C(C)C)CCN1C(=O)[C@@H](NC(=O)NC1(CS(=O)(=O)C2(C)CCOCC2)CCCCC1)C(C)(C)CC1(C)C[C@@H]2[C@@H](C(=O)N[C@H](CCC3CC3)C(=O)C(=O)NC3CC3)N(C(=O)[C@@H](NC(=O)NC3(CS(=O)(=O)C(C)(C)C)CCCCC3)C(C)(C)C)C[C@@H]21)C(=O)C(=O)NC1CC1. The van der Waals surface area contributed by atoms with Crippen molar-refractivity contribution in [2.75, 3.05) is 37.8 Å². The van der Waals surface area contributed by atoms with Crippen LogP contribution in [0.2, 0.25) is 0 Å². The Morgan fingerprint density at radius 3 is 1.55 bits per heavy atom. The maximum Gasteiger partial charge on any atom is 0.315 e. The largest absolute Gasteiger partial charge is 0.381 e. The number of unbranched alkanes of at least 4 members (excludes halogenated alkanes) is 1. The maximum atomic E-state index is 16.3. The smallest absolute Gasteiger partial charge is 0.315 e. The number of ketones is 2. The Kier molecular flexibility index (Phi) is 24.9. The van der Waals surface area contributed by atoms with Gasteiger partial charge in [-0.3, -0.25) is 38.4 Å². The van der Waals surface area contributed by atoms with Crippen molar-refractivity contribution in [2.45, 2.75) is 326 Å². The number of urea groups is 2. The van der Waals surface area contributed by atoms with Gasteiger partial charge in [0.05, 0.1) is 44.2 Å². The minimum absolute atomic E-state index is 0.0315. The summed E-state index contributed by atoms with van der Waals surface area (Å²) in [7, 11) is -7.62. The van der Waals surface area contributed by atoms with E-state index in [9.17, 15) is 40.8 Å². The van der Waals surface area contributed by atoms with E-state index in [4.69, 9.17) is 4.74 Å². The lowest BCUT2D eigenvalue weighted by Gasteiger charge is -2.55. The molecule has 576 valence electrons. The average molecular weight is 1470 g/mol. The van der Waals surface area contributed by atoms with Crippen molar-refractivity contribution in [3.8, 4) is 0 Å². The molecule has 6 saturated carbocycles. The second kappa shape index (κ2) is 31.6. The van der Waals surface area contributed by atoms with Gasteiger partial charge in [-0.25, -0.2) is 26.4 Å². The molecule has 0 aromatic heterocycles. The first-order valence-electron chi connectivity index (χ1n) is 38.7. The Morgan fingerprint density at radius 1 is 0.578 bits per heavy atom. The molecule has 9 aliphatic rings. The van der Waals surface area contributed by atoms with Gasteiger partial charge in [0.2, 0.25) is 35.2 Å². The number of amides is 10. The summed E-state index contributed by atoms with van der Waals surface area (Å²) >= 11 is 0. The highest BCUT2D eigenvalue weighted by Gasteiger charge is 2.65. The fourth-order valence-electron chi connectivity index (χ4n) is 17.7. The summed E-state index contributed by atoms with van der Waals surface area (Å²) in [6.45, 7) is 24.1. The van der Waals surface area contributed by atoms with E-state index in [1.54, 1.807) is 48.5 Å². The summed E-state index contributed by atoms with van der Waals surface area (Å²) < 4.78 is 60.6. The number of Topliss-reactive ketones (excluding diaryl/α,β-unsaturated/α-hetero) is 2. The number of hydrogen-bond donors (Lipinski definition) is 8. The van der Waals surface area contributed by atoms with Crippen LogP contribution in [0.1, 0.15) is 257 Å². The normalized spacial score (nSPS) is 26.9. The summed E-state index contributed by atoms with van der Waals surface area (Å²) in [6.07, 6.45) is 14.3. The number of likely N-dealkylation sites (tertiary alicyclic amines) is 2. The number of ether oxygens (including phenoxy) is 1. The Morgan fingerprint density at radius 2 is 1.07 bits per heavy atom. The third-order valence-corrected chi connectivity index (χ3v) is 30.3. The summed E-state index contributed by atoms with van der Waals surface area (Å²) in [6, 6.07) is -9.24. The quantitative estimate of drug-likeness (QED) is 0.0319. The Labute approximate surface area is 607 Å². The molecule has 8 N–H and O–H groups in total. The zero-order valence-electron chi connectivity index (χ0n) is 63.5. The van der Waals surface area contributed by atoms with Crippen molar-refractivity contribution < 1.29 is 69.5 Å². The van der Waals surface area contributed by atoms with Crippen LogP contribution < -0.4 is 42.5 Å². The molecule has 102 heavy (non-hydrogen) atoms. The third-order valence-electron chi connectivity index (χ3n) is 24.7. The second-order valence-corrected chi connectivity index (χ2v) is 41.5. The highest BCUT2D eigenvalue weighted by Crippen LogP contribution is 2.62. The number of carbonyl (C=O) groups excluding carboxylic acids is 10. The maximum absolute atomic E-state index is 16.3. The zero-order valence-corrected chi connectivity index (χ0v) is 65.1. The number of hydrogen-bond acceptors (Lipinski definition) is 15. The van der Waals surface area contributed by atoms with Crippen LogP contribution in [-0.4, -0.2) is 192 Å². The minimum atomic E-state index is -3.87. The molecule has 3 heterocycles. The number of carbonyl (C=O) groups is 10. The van der Waals surface area contributed by atoms with Gasteiger partial charge in [0, 0.05) is 38.4 Å². The molecule has 0 bridgehead atoms. The fraction of sp³-hybridized carbons (Fsp3) is 0.867. The molecule has 3 aliphatic heterocycles. The van der Waals surface area contributed by atoms with Crippen LogP contribution in [0.25, 0.3) is 0 Å². The number of nitrogens with zero attached hydrogens (tertiary/aromatic N) is 2. The monoisotopic (exact) mass is 1470 g/mol.